The maximum absolute atomic E-state index is 9.75. The van der Waals surface area contributed by atoms with E-state index in [2.05, 4.69) is 11.8 Å². The van der Waals surface area contributed by atoms with Gasteiger partial charge in [-0.05, 0) is 6.92 Å². The van der Waals surface area contributed by atoms with Gasteiger partial charge in [-0.25, -0.2) is 0 Å². The summed E-state index contributed by atoms with van der Waals surface area (Å²) in [4.78, 5) is 0. The molecular formula is C9H15ClO. The minimum Gasteiger partial charge on any atom is -0.377 e. The highest BCUT2D eigenvalue weighted by Crippen LogP contribution is 2.28. The number of hydrogen-bond acceptors (Lipinski definition) is 1. The third-order valence-electron chi connectivity index (χ3n) is 1.86. The molecule has 1 nitrogen and oxygen atoms in total. The number of alkyl halides is 1. The topological polar surface area (TPSA) is 20.2 Å². The van der Waals surface area contributed by atoms with Crippen molar-refractivity contribution in [1.29, 1.82) is 0 Å². The van der Waals surface area contributed by atoms with Crippen molar-refractivity contribution >= 4 is 11.6 Å². The Kier molecular flexibility index (Phi) is 3.41. The molecule has 1 N–H and O–H groups in total. The molecule has 1 atom stereocenters. The summed E-state index contributed by atoms with van der Waals surface area (Å²) in [5.41, 5.74) is -1.19. The molecule has 0 aliphatic rings. The lowest BCUT2D eigenvalue weighted by Gasteiger charge is -2.32. The molecule has 0 radical (unpaired) electrons. The van der Waals surface area contributed by atoms with Gasteiger partial charge in [0.15, 0.2) is 0 Å². The molecule has 0 spiro atoms. The van der Waals surface area contributed by atoms with E-state index >= 15 is 0 Å². The fourth-order valence-corrected chi connectivity index (χ4v) is 0.460. The second kappa shape index (κ2) is 3.47. The molecule has 0 aromatic heterocycles. The highest BCUT2D eigenvalue weighted by Gasteiger charge is 2.33. The monoisotopic (exact) mass is 174 g/mol. The van der Waals surface area contributed by atoms with E-state index in [1.54, 1.807) is 6.92 Å². The van der Waals surface area contributed by atoms with Crippen LogP contribution in [0.3, 0.4) is 0 Å². The molecule has 64 valence electrons. The van der Waals surface area contributed by atoms with Crippen molar-refractivity contribution in [2.45, 2.75) is 33.3 Å². The van der Waals surface area contributed by atoms with E-state index in [1.807, 2.05) is 20.8 Å². The molecule has 2 heteroatoms. The molecular weight excluding hydrogens is 160 g/mol. The Labute approximate surface area is 73.8 Å². The van der Waals surface area contributed by atoms with E-state index < -0.39 is 5.60 Å². The van der Waals surface area contributed by atoms with Gasteiger partial charge in [0.05, 0.1) is 5.88 Å². The summed E-state index contributed by atoms with van der Waals surface area (Å²) in [5, 5.41) is 9.75. The van der Waals surface area contributed by atoms with E-state index in [0.29, 0.717) is 0 Å². The summed E-state index contributed by atoms with van der Waals surface area (Å²) >= 11 is 5.37. The number of rotatable bonds is 0. The van der Waals surface area contributed by atoms with Crippen LogP contribution < -0.4 is 0 Å². The smallest absolute Gasteiger partial charge is 0.127 e. The summed E-state index contributed by atoms with van der Waals surface area (Å²) < 4.78 is 0. The van der Waals surface area contributed by atoms with E-state index in [0.717, 1.165) is 0 Å². The van der Waals surface area contributed by atoms with Crippen LogP contribution in [0.15, 0.2) is 0 Å². The SMILES string of the molecule is CC(C)(C)C(C)(O)C#CCCl. The van der Waals surface area contributed by atoms with Crippen LogP contribution in [0.5, 0.6) is 0 Å². The highest BCUT2D eigenvalue weighted by molar-refractivity contribution is 6.19. The first-order chi connectivity index (χ1) is 4.81. The van der Waals surface area contributed by atoms with Gasteiger partial charge in [-0.3, -0.25) is 0 Å². The van der Waals surface area contributed by atoms with Crippen LogP contribution in [0.4, 0.5) is 0 Å². The van der Waals surface area contributed by atoms with Gasteiger partial charge in [-0.15, -0.1) is 11.6 Å². The molecule has 11 heavy (non-hydrogen) atoms. The van der Waals surface area contributed by atoms with Gasteiger partial charge in [0, 0.05) is 5.41 Å². The average Bonchev–Trinajstić information content (AvgIpc) is 1.81. The molecule has 0 bridgehead atoms. The van der Waals surface area contributed by atoms with Crippen molar-refractivity contribution in [1.82, 2.24) is 0 Å². The summed E-state index contributed by atoms with van der Waals surface area (Å²) in [6.45, 7) is 7.52. The van der Waals surface area contributed by atoms with Crippen LogP contribution >= 0.6 is 11.6 Å². The van der Waals surface area contributed by atoms with Crippen LogP contribution in [0, 0.1) is 17.3 Å². The zero-order valence-electron chi connectivity index (χ0n) is 7.53. The Morgan fingerprint density at radius 1 is 1.27 bits per heavy atom. The second-order valence-electron chi connectivity index (χ2n) is 3.76. The molecule has 0 saturated heterocycles. The van der Waals surface area contributed by atoms with Crippen LogP contribution in [0.2, 0.25) is 0 Å². The van der Waals surface area contributed by atoms with Crippen molar-refractivity contribution in [3.05, 3.63) is 0 Å². The first-order valence-corrected chi connectivity index (χ1v) is 4.13. The van der Waals surface area contributed by atoms with Crippen molar-refractivity contribution in [2.24, 2.45) is 5.41 Å². The largest absolute Gasteiger partial charge is 0.377 e. The molecule has 0 fully saturated rings. The quantitative estimate of drug-likeness (QED) is 0.440. The Balaban J connectivity index is 4.47. The lowest BCUT2D eigenvalue weighted by Crippen LogP contribution is -2.38. The van der Waals surface area contributed by atoms with Crippen molar-refractivity contribution < 1.29 is 5.11 Å². The Bertz CT molecular complexity index is 178. The fraction of sp³-hybridized carbons (Fsp3) is 0.778. The second-order valence-corrected chi connectivity index (χ2v) is 4.02. The average molecular weight is 175 g/mol. The maximum atomic E-state index is 9.75. The zero-order valence-corrected chi connectivity index (χ0v) is 8.29. The van der Waals surface area contributed by atoms with Crippen LogP contribution in [-0.2, 0) is 0 Å². The van der Waals surface area contributed by atoms with Crippen LogP contribution in [-0.4, -0.2) is 16.6 Å². The first-order valence-electron chi connectivity index (χ1n) is 3.59. The normalized spacial score (nSPS) is 16.5. The summed E-state index contributed by atoms with van der Waals surface area (Å²) in [7, 11) is 0. The molecule has 0 rings (SSSR count). The van der Waals surface area contributed by atoms with Crippen LogP contribution in [0.1, 0.15) is 27.7 Å². The molecule has 0 aliphatic heterocycles. The lowest BCUT2D eigenvalue weighted by atomic mass is 9.78. The lowest BCUT2D eigenvalue weighted by molar-refractivity contribution is 0.0128. The third kappa shape index (κ3) is 3.14. The standard InChI is InChI=1S/C9H15ClO/c1-8(2,3)9(4,11)6-5-7-10/h11H,7H2,1-4H3. The first kappa shape index (κ1) is 10.8. The van der Waals surface area contributed by atoms with Gasteiger partial charge in [0.2, 0.25) is 0 Å². The number of halogens is 1. The van der Waals surface area contributed by atoms with Gasteiger partial charge in [-0.2, -0.15) is 0 Å². The van der Waals surface area contributed by atoms with E-state index in [9.17, 15) is 5.11 Å². The van der Waals surface area contributed by atoms with Crippen LogP contribution in [0.25, 0.3) is 0 Å². The Morgan fingerprint density at radius 3 is 2.00 bits per heavy atom. The van der Waals surface area contributed by atoms with E-state index in [-0.39, 0.29) is 11.3 Å². The van der Waals surface area contributed by atoms with Gasteiger partial charge in [0.1, 0.15) is 5.60 Å². The minimum atomic E-state index is -0.956. The predicted octanol–water partition coefficient (Wildman–Crippen LogP) is 2.03. The van der Waals surface area contributed by atoms with E-state index in [1.165, 1.54) is 0 Å². The number of hydrogen-bond donors (Lipinski definition) is 1. The number of aliphatic hydroxyl groups is 1. The molecule has 0 aromatic rings. The van der Waals surface area contributed by atoms with Gasteiger partial charge in [-0.1, -0.05) is 32.6 Å². The summed E-state index contributed by atoms with van der Waals surface area (Å²) in [6.07, 6.45) is 0. The molecule has 0 aliphatic carbocycles. The molecule has 0 heterocycles. The fourth-order valence-electron chi connectivity index (χ4n) is 0.393. The molecule has 0 aromatic carbocycles. The van der Waals surface area contributed by atoms with Gasteiger partial charge >= 0.3 is 0 Å². The maximum Gasteiger partial charge on any atom is 0.127 e. The highest BCUT2D eigenvalue weighted by atomic mass is 35.5. The molecule has 0 saturated carbocycles. The van der Waals surface area contributed by atoms with E-state index in [4.69, 9.17) is 11.6 Å². The van der Waals surface area contributed by atoms with Gasteiger partial charge < -0.3 is 5.11 Å². The Morgan fingerprint density at radius 2 is 1.73 bits per heavy atom. The van der Waals surface area contributed by atoms with Crippen molar-refractivity contribution in [3.63, 3.8) is 0 Å². The van der Waals surface area contributed by atoms with Crippen molar-refractivity contribution in [2.75, 3.05) is 5.88 Å². The molecule has 0 amide bonds. The van der Waals surface area contributed by atoms with Gasteiger partial charge in [0.25, 0.3) is 0 Å². The minimum absolute atomic E-state index is 0.230. The third-order valence-corrected chi connectivity index (χ3v) is 1.99. The molecule has 1 unspecified atom stereocenters. The summed E-state index contributed by atoms with van der Waals surface area (Å²) in [5.74, 6) is 5.65. The Hall–Kier alpha value is -0.190. The summed E-state index contributed by atoms with van der Waals surface area (Å²) in [6, 6.07) is 0. The van der Waals surface area contributed by atoms with Crippen molar-refractivity contribution in [3.8, 4) is 11.8 Å². The predicted molar refractivity (Wildman–Crippen MR) is 48.6 cm³/mol. The zero-order chi connectivity index (χ0) is 9.12.